The minimum absolute atomic E-state index is 0.320. The highest BCUT2D eigenvalue weighted by atomic mass is 16.6. The van der Waals surface area contributed by atoms with Gasteiger partial charge in [-0.1, -0.05) is 12.1 Å². The summed E-state index contributed by atoms with van der Waals surface area (Å²) in [6, 6.07) is 4.92. The topological polar surface area (TPSA) is 77.0 Å². The molecule has 0 aromatic heterocycles. The van der Waals surface area contributed by atoms with Crippen LogP contribution in [0.1, 0.15) is 45.2 Å². The van der Waals surface area contributed by atoms with E-state index in [2.05, 4.69) is 11.9 Å². The highest BCUT2D eigenvalue weighted by molar-refractivity contribution is 5.68. The maximum atomic E-state index is 12.2. The van der Waals surface area contributed by atoms with Crippen LogP contribution in [0.2, 0.25) is 0 Å². The molecule has 6 nitrogen and oxygen atoms in total. The van der Waals surface area contributed by atoms with E-state index in [4.69, 9.17) is 14.2 Å². The number of hydrogen-bond donors (Lipinski definition) is 2. The van der Waals surface area contributed by atoms with E-state index in [1.807, 2.05) is 6.07 Å². The van der Waals surface area contributed by atoms with Crippen molar-refractivity contribution in [2.75, 3.05) is 14.2 Å². The van der Waals surface area contributed by atoms with Gasteiger partial charge in [0.05, 0.1) is 26.4 Å². The fourth-order valence-electron chi connectivity index (χ4n) is 2.36. The van der Waals surface area contributed by atoms with Crippen LogP contribution in [-0.2, 0) is 4.74 Å². The number of aliphatic hydroxyl groups excluding tert-OH is 1. The van der Waals surface area contributed by atoms with Gasteiger partial charge in [0, 0.05) is 0 Å². The monoisotopic (exact) mass is 351 g/mol. The normalized spacial score (nSPS) is 13.5. The molecular formula is C19H29NO5. The molecule has 25 heavy (non-hydrogen) atoms. The Morgan fingerprint density at radius 2 is 1.92 bits per heavy atom. The van der Waals surface area contributed by atoms with Crippen LogP contribution in [0.25, 0.3) is 0 Å². The lowest BCUT2D eigenvalue weighted by Crippen LogP contribution is -2.36. The zero-order chi connectivity index (χ0) is 19.0. The lowest BCUT2D eigenvalue weighted by atomic mass is 9.98. The molecule has 2 N–H and O–H groups in total. The van der Waals surface area contributed by atoms with Gasteiger partial charge in [0.1, 0.15) is 5.60 Å². The lowest BCUT2D eigenvalue weighted by Gasteiger charge is -2.25. The highest BCUT2D eigenvalue weighted by Gasteiger charge is 2.23. The largest absolute Gasteiger partial charge is 0.493 e. The first-order chi connectivity index (χ1) is 11.7. The number of alkyl carbamates (subject to hydrolysis) is 1. The summed E-state index contributed by atoms with van der Waals surface area (Å²) in [4.78, 5) is 12.2. The molecule has 1 aromatic rings. The number of nitrogens with one attached hydrogen (secondary N) is 1. The maximum Gasteiger partial charge on any atom is 0.408 e. The van der Waals surface area contributed by atoms with Gasteiger partial charge >= 0.3 is 6.09 Å². The van der Waals surface area contributed by atoms with Gasteiger partial charge in [-0.05, 0) is 51.3 Å². The summed E-state index contributed by atoms with van der Waals surface area (Å²) in [5.74, 6) is 1.14. The average molecular weight is 351 g/mol. The first-order valence-corrected chi connectivity index (χ1v) is 8.20. The van der Waals surface area contributed by atoms with Gasteiger partial charge < -0.3 is 24.6 Å². The summed E-state index contributed by atoms with van der Waals surface area (Å²) in [6.07, 6.45) is 1.22. The second kappa shape index (κ2) is 9.32. The van der Waals surface area contributed by atoms with E-state index in [-0.39, 0.29) is 0 Å². The molecule has 1 amide bonds. The Bertz CT molecular complexity index is 580. The Hall–Kier alpha value is -2.21. The van der Waals surface area contributed by atoms with Gasteiger partial charge in [-0.25, -0.2) is 4.79 Å². The Kier molecular flexibility index (Phi) is 7.77. The standard InChI is InChI=1S/C19H29NO5/c1-7-8-14(21)12-15(20-18(22)25-19(2,3)4)13-9-10-16(23-5)17(11-13)24-6/h7,9-11,14-15,21H,1,8,12H2,2-6H3,(H,20,22)/t14-,15-/m0/s1. The quantitative estimate of drug-likeness (QED) is 0.700. The van der Waals surface area contributed by atoms with Crippen molar-refractivity contribution < 1.29 is 24.1 Å². The number of carbonyl (C=O) groups is 1. The third-order valence-corrected chi connectivity index (χ3v) is 3.45. The lowest BCUT2D eigenvalue weighted by molar-refractivity contribution is 0.0483. The van der Waals surface area contributed by atoms with Gasteiger partial charge in [-0.3, -0.25) is 0 Å². The van der Waals surface area contributed by atoms with Crippen LogP contribution in [0, 0.1) is 0 Å². The minimum Gasteiger partial charge on any atom is -0.493 e. The third kappa shape index (κ3) is 7.05. The van der Waals surface area contributed by atoms with E-state index in [0.29, 0.717) is 24.3 Å². The van der Waals surface area contributed by atoms with Crippen LogP contribution in [0.4, 0.5) is 4.79 Å². The second-order valence-corrected chi connectivity index (χ2v) is 6.73. The molecule has 0 aliphatic carbocycles. The summed E-state index contributed by atoms with van der Waals surface area (Å²) in [6.45, 7) is 9.02. The van der Waals surface area contributed by atoms with Gasteiger partial charge in [-0.15, -0.1) is 6.58 Å². The Labute approximate surface area is 149 Å². The highest BCUT2D eigenvalue weighted by Crippen LogP contribution is 2.31. The average Bonchev–Trinajstić information content (AvgIpc) is 2.52. The molecule has 0 saturated carbocycles. The Morgan fingerprint density at radius 1 is 1.28 bits per heavy atom. The van der Waals surface area contributed by atoms with Crippen LogP contribution in [-0.4, -0.2) is 37.1 Å². The smallest absolute Gasteiger partial charge is 0.408 e. The molecular weight excluding hydrogens is 322 g/mol. The van der Waals surface area contributed by atoms with Gasteiger partial charge in [0.25, 0.3) is 0 Å². The number of rotatable bonds is 8. The van der Waals surface area contributed by atoms with Gasteiger partial charge in [0.15, 0.2) is 11.5 Å². The van der Waals surface area contributed by atoms with E-state index in [1.54, 1.807) is 53.2 Å². The predicted octanol–water partition coefficient (Wildman–Crippen LogP) is 3.60. The molecule has 0 aliphatic rings. The van der Waals surface area contributed by atoms with Crippen molar-refractivity contribution in [3.8, 4) is 11.5 Å². The van der Waals surface area contributed by atoms with Gasteiger partial charge in [-0.2, -0.15) is 0 Å². The van der Waals surface area contributed by atoms with Crippen molar-refractivity contribution in [1.82, 2.24) is 5.32 Å². The molecule has 2 atom stereocenters. The van der Waals surface area contributed by atoms with E-state index in [0.717, 1.165) is 5.56 Å². The predicted molar refractivity (Wildman–Crippen MR) is 97.1 cm³/mol. The second-order valence-electron chi connectivity index (χ2n) is 6.73. The number of benzene rings is 1. The molecule has 0 aliphatic heterocycles. The minimum atomic E-state index is -0.634. The fraction of sp³-hybridized carbons (Fsp3) is 0.526. The maximum absolute atomic E-state index is 12.2. The van der Waals surface area contributed by atoms with Crippen LogP contribution < -0.4 is 14.8 Å². The SMILES string of the molecule is C=CC[C@H](O)C[C@H](NC(=O)OC(C)(C)C)c1ccc(OC)c(OC)c1. The number of aliphatic hydroxyl groups is 1. The molecule has 0 spiro atoms. The van der Waals surface area contributed by atoms with Crippen molar-refractivity contribution in [3.63, 3.8) is 0 Å². The van der Waals surface area contributed by atoms with Crippen molar-refractivity contribution in [2.24, 2.45) is 0 Å². The van der Waals surface area contributed by atoms with E-state index >= 15 is 0 Å². The molecule has 0 bridgehead atoms. The zero-order valence-corrected chi connectivity index (χ0v) is 15.7. The summed E-state index contributed by atoms with van der Waals surface area (Å²) < 4.78 is 15.9. The third-order valence-electron chi connectivity index (χ3n) is 3.45. The number of amides is 1. The van der Waals surface area contributed by atoms with Crippen molar-refractivity contribution in [1.29, 1.82) is 0 Å². The summed E-state index contributed by atoms with van der Waals surface area (Å²) >= 11 is 0. The zero-order valence-electron chi connectivity index (χ0n) is 15.7. The van der Waals surface area contributed by atoms with Crippen molar-refractivity contribution in [3.05, 3.63) is 36.4 Å². The molecule has 0 unspecified atom stereocenters. The first-order valence-electron chi connectivity index (χ1n) is 8.20. The molecule has 1 aromatic carbocycles. The molecule has 0 heterocycles. The Balaban J connectivity index is 3.04. The summed E-state index contributed by atoms with van der Waals surface area (Å²) in [5.41, 5.74) is 0.179. The van der Waals surface area contributed by atoms with Crippen LogP contribution >= 0.6 is 0 Å². The van der Waals surface area contributed by atoms with E-state index in [1.165, 1.54) is 0 Å². The summed E-state index contributed by atoms with van der Waals surface area (Å²) in [7, 11) is 3.10. The van der Waals surface area contributed by atoms with E-state index in [9.17, 15) is 9.90 Å². The van der Waals surface area contributed by atoms with Crippen LogP contribution in [0.15, 0.2) is 30.9 Å². The van der Waals surface area contributed by atoms with Gasteiger partial charge in [0.2, 0.25) is 0 Å². The molecule has 0 fully saturated rings. The molecule has 140 valence electrons. The summed E-state index contributed by atoms with van der Waals surface area (Å²) in [5, 5.41) is 13.0. The Morgan fingerprint density at radius 3 is 2.44 bits per heavy atom. The number of carbonyl (C=O) groups excluding carboxylic acids is 1. The number of hydrogen-bond acceptors (Lipinski definition) is 5. The first kappa shape index (κ1) is 20.8. The van der Waals surface area contributed by atoms with Crippen LogP contribution in [0.5, 0.6) is 11.5 Å². The van der Waals surface area contributed by atoms with Crippen LogP contribution in [0.3, 0.4) is 0 Å². The van der Waals surface area contributed by atoms with Crippen molar-refractivity contribution in [2.45, 2.75) is 51.4 Å². The van der Waals surface area contributed by atoms with Crippen molar-refractivity contribution >= 4 is 6.09 Å². The molecule has 1 rings (SSSR count). The number of methoxy groups -OCH3 is 2. The molecule has 6 heteroatoms. The number of ether oxygens (including phenoxy) is 3. The van der Waals surface area contributed by atoms with E-state index < -0.39 is 23.8 Å². The fourth-order valence-corrected chi connectivity index (χ4v) is 2.36. The molecule has 0 saturated heterocycles. The molecule has 0 radical (unpaired) electrons.